The van der Waals surface area contributed by atoms with E-state index in [9.17, 15) is 68.1 Å². The van der Waals surface area contributed by atoms with Crippen LogP contribution >= 0.6 is 32.3 Å². The highest BCUT2D eigenvalue weighted by atomic mass is 32.1. The van der Waals surface area contributed by atoms with E-state index in [1.807, 2.05) is 43.0 Å². The van der Waals surface area contributed by atoms with E-state index in [4.69, 9.17) is 34.2 Å². The molecule has 1 saturated heterocycles. The minimum absolute atomic E-state index is 0.0145. The number of nitrogens with one attached hydrogen (secondary N) is 4. The van der Waals surface area contributed by atoms with Crippen molar-refractivity contribution >= 4 is 108 Å². The molecule has 2 aliphatic rings. The number of anilines is 2. The molecule has 80 heavy (non-hydrogen) atoms. The van der Waals surface area contributed by atoms with Crippen LogP contribution in [0.5, 0.6) is 0 Å². The standard InChI is InChI=1S/C50H69N10O17PS2/c1-31(77-78(74,75)76)42(47(72)73)54-48(79)52-33-16-14-32(15-17-33)26-35(46(70)71)53-38(63)28-59(30-40(66)67)23-21-57(24-25-61)20-22-58(29-39(64)65)27-37(62)51-18-10-6-7-11-19-60-36-13-9-8-12-34(36)50(2,3)43(60)41-44(68)55(4)49(80)56(5)45(41)69/h8-9,12-17,25,31,35,42H,6-7,10-11,18-24,26-30H2,1-5H3,(H,51,62)(H,53,63)(H,64,65)(H,66,67)(H,70,71)(H,72,73)(H2,52,54,79)(H2,74,75,76). The summed E-state index contributed by atoms with van der Waals surface area (Å²) >= 11 is 10.5. The maximum Gasteiger partial charge on any atom is 0.469 e. The van der Waals surface area contributed by atoms with Crippen molar-refractivity contribution in [2.45, 2.75) is 76.5 Å². The molecule has 3 unspecified atom stereocenters. The van der Waals surface area contributed by atoms with Crippen LogP contribution in [-0.4, -0.2) is 223 Å². The second kappa shape index (κ2) is 30.1. The number of hydrogen-bond donors (Lipinski definition) is 10. The number of thiocarbonyl (C=S) groups is 2. The average molecular weight is 1180 g/mol. The molecule has 2 aliphatic heterocycles. The Hall–Kier alpha value is -6.82. The predicted octanol–water partition coefficient (Wildman–Crippen LogP) is 0.254. The molecule has 2 aromatic carbocycles. The summed E-state index contributed by atoms with van der Waals surface area (Å²) in [7, 11) is -1.93. The molecule has 2 heterocycles. The normalized spacial score (nSPS) is 15.4. The third-order valence-corrected chi connectivity index (χ3v) is 14.4. The van der Waals surface area contributed by atoms with Crippen molar-refractivity contribution in [2.24, 2.45) is 0 Å². The number of allylic oxidation sites excluding steroid dienone is 1. The smallest absolute Gasteiger partial charge is 0.469 e. The zero-order chi connectivity index (χ0) is 59.6. The van der Waals surface area contributed by atoms with Gasteiger partial charge in [0.2, 0.25) is 11.8 Å². The molecule has 27 nitrogen and oxygen atoms in total. The summed E-state index contributed by atoms with van der Waals surface area (Å²) in [6.45, 7) is 3.77. The molecular weight excluding hydrogens is 1110 g/mol. The third kappa shape index (κ3) is 19.5. The number of aliphatic carboxylic acids is 4. The summed E-state index contributed by atoms with van der Waals surface area (Å²) in [5.74, 6) is -7.62. The van der Waals surface area contributed by atoms with Crippen molar-refractivity contribution in [1.82, 2.24) is 40.4 Å². The zero-order valence-electron chi connectivity index (χ0n) is 44.9. The number of amides is 4. The number of carboxylic acid groups (broad SMARTS) is 4. The lowest BCUT2D eigenvalue weighted by Gasteiger charge is -2.36. The molecule has 1 fully saturated rings. The monoisotopic (exact) mass is 1180 g/mol. The predicted molar refractivity (Wildman–Crippen MR) is 297 cm³/mol. The van der Waals surface area contributed by atoms with Gasteiger partial charge < -0.3 is 61.2 Å². The summed E-state index contributed by atoms with van der Waals surface area (Å²) in [6.07, 6.45) is 1.63. The van der Waals surface area contributed by atoms with E-state index in [0.29, 0.717) is 49.2 Å². The summed E-state index contributed by atoms with van der Waals surface area (Å²) < 4.78 is 15.6. The topological polar surface area (TPSA) is 369 Å². The van der Waals surface area contributed by atoms with E-state index < -0.39 is 98.6 Å². The van der Waals surface area contributed by atoms with E-state index in [1.54, 1.807) is 19.0 Å². The highest BCUT2D eigenvalue weighted by Gasteiger charge is 2.48. The van der Waals surface area contributed by atoms with Crippen molar-refractivity contribution in [1.29, 1.82) is 0 Å². The molecule has 3 atom stereocenters. The Labute approximate surface area is 472 Å². The summed E-state index contributed by atoms with van der Waals surface area (Å²) in [5.41, 5.74) is 2.63. The number of carbonyl (C=O) groups is 9. The zero-order valence-corrected chi connectivity index (χ0v) is 47.4. The third-order valence-electron chi connectivity index (χ3n) is 13.1. The molecule has 10 N–H and O–H groups in total. The Morgan fingerprint density at radius 1 is 0.762 bits per heavy atom. The Kier molecular flexibility index (Phi) is 24.7. The van der Waals surface area contributed by atoms with Crippen molar-refractivity contribution in [3.63, 3.8) is 0 Å². The Balaban J connectivity index is 1.25. The highest BCUT2D eigenvalue weighted by Crippen LogP contribution is 2.49. The van der Waals surface area contributed by atoms with E-state index >= 15 is 0 Å². The molecule has 0 spiro atoms. The van der Waals surface area contributed by atoms with Gasteiger partial charge in [0.25, 0.3) is 11.8 Å². The SMILES string of the molecule is CC(OP(=O)(O)O)C(NC(=S)Nc1ccc(CC(NC(=O)CN(CCN(CC=O)CCN(CC(=O)O)CC(=O)NCCCCCCN2C(=C3C(=O)N(C)C(=S)N(C)C3=O)C(C)(C)c3ccccc32)CC(=O)O)C(=O)O)cc1)C(=O)O. The van der Waals surface area contributed by atoms with Gasteiger partial charge in [0.15, 0.2) is 16.3 Å². The molecular formula is C50H69N10O17PS2. The molecule has 0 radical (unpaired) electrons. The lowest BCUT2D eigenvalue weighted by molar-refractivity contribution is -0.143. The van der Waals surface area contributed by atoms with Gasteiger partial charge in [-0.25, -0.2) is 14.2 Å². The van der Waals surface area contributed by atoms with Crippen molar-refractivity contribution in [3.8, 4) is 0 Å². The van der Waals surface area contributed by atoms with E-state index in [1.165, 1.54) is 43.9 Å². The van der Waals surface area contributed by atoms with Crippen LogP contribution in [0.25, 0.3) is 0 Å². The molecule has 30 heteroatoms. The van der Waals surface area contributed by atoms with Gasteiger partial charge in [0, 0.05) is 82.3 Å². The van der Waals surface area contributed by atoms with E-state index in [-0.39, 0.29) is 61.5 Å². The summed E-state index contributed by atoms with van der Waals surface area (Å²) in [4.78, 5) is 140. The average Bonchev–Trinajstić information content (AvgIpc) is 3.62. The van der Waals surface area contributed by atoms with E-state index in [2.05, 4.69) is 25.8 Å². The van der Waals surface area contributed by atoms with Crippen molar-refractivity contribution in [2.75, 3.05) is 96.3 Å². The first-order chi connectivity index (χ1) is 37.5. The number of aldehydes is 1. The molecule has 0 saturated carbocycles. The lowest BCUT2D eigenvalue weighted by Crippen LogP contribution is -2.54. The fourth-order valence-electron chi connectivity index (χ4n) is 9.11. The fourth-order valence-corrected chi connectivity index (χ4v) is 10.1. The molecule has 0 bridgehead atoms. The largest absolute Gasteiger partial charge is 0.480 e. The minimum Gasteiger partial charge on any atom is -0.480 e. The van der Waals surface area contributed by atoms with Gasteiger partial charge in [-0.15, -0.1) is 0 Å². The Morgan fingerprint density at radius 2 is 1.31 bits per heavy atom. The van der Waals surface area contributed by atoms with E-state index in [0.717, 1.165) is 31.0 Å². The number of benzene rings is 2. The van der Waals surface area contributed by atoms with Crippen LogP contribution in [-0.2, 0) is 64.1 Å². The van der Waals surface area contributed by atoms with Gasteiger partial charge in [-0.1, -0.05) is 57.0 Å². The van der Waals surface area contributed by atoms with Crippen molar-refractivity contribution in [3.05, 3.63) is 70.9 Å². The lowest BCUT2D eigenvalue weighted by atomic mass is 9.81. The molecule has 0 aromatic heterocycles. The maximum absolute atomic E-state index is 13.6. The minimum atomic E-state index is -5.02. The second-order valence-corrected chi connectivity index (χ2v) is 21.5. The second-order valence-electron chi connectivity index (χ2n) is 19.5. The number of likely N-dealkylation sites (N-methyl/N-ethyl adjacent to an activating group) is 2. The van der Waals surface area contributed by atoms with Crippen LogP contribution in [0.15, 0.2) is 59.8 Å². The number of carbonyl (C=O) groups excluding carboxylic acids is 5. The first-order valence-electron chi connectivity index (χ1n) is 25.2. The van der Waals surface area contributed by atoms with Crippen LogP contribution in [0.4, 0.5) is 11.4 Å². The first kappa shape index (κ1) is 65.7. The maximum atomic E-state index is 13.6. The number of phosphoric acid groups is 1. The van der Waals surface area contributed by atoms with Crippen molar-refractivity contribution < 1.29 is 82.5 Å². The van der Waals surface area contributed by atoms with Gasteiger partial charge >= 0.3 is 31.7 Å². The Bertz CT molecular complexity index is 2700. The van der Waals surface area contributed by atoms with Gasteiger partial charge in [-0.3, -0.25) is 57.8 Å². The van der Waals surface area contributed by atoms with Gasteiger partial charge in [0.1, 0.15) is 17.9 Å². The summed E-state index contributed by atoms with van der Waals surface area (Å²) in [5, 5.41) is 48.9. The number of fused-ring (bicyclic) bond motifs is 1. The molecule has 4 rings (SSSR count). The number of carboxylic acids is 4. The fraction of sp³-hybridized carbons (Fsp3) is 0.500. The number of nitrogens with zero attached hydrogens (tertiary/aromatic N) is 6. The summed E-state index contributed by atoms with van der Waals surface area (Å²) in [6, 6.07) is 10.6. The quantitative estimate of drug-likeness (QED) is 0.0114. The first-order valence-corrected chi connectivity index (χ1v) is 27.6. The Morgan fingerprint density at radius 3 is 1.85 bits per heavy atom. The number of phosphoric ester groups is 1. The van der Waals surface area contributed by atoms with Gasteiger partial charge in [0.05, 0.1) is 38.8 Å². The molecule has 0 aliphatic carbocycles. The van der Waals surface area contributed by atoms with Crippen LogP contribution in [0.2, 0.25) is 0 Å². The number of hydrogen-bond acceptors (Lipinski definition) is 17. The van der Waals surface area contributed by atoms with Crippen LogP contribution < -0.4 is 26.2 Å². The van der Waals surface area contributed by atoms with Crippen LogP contribution in [0.1, 0.15) is 57.6 Å². The number of para-hydroxylation sites is 1. The highest BCUT2D eigenvalue weighted by molar-refractivity contribution is 7.80. The molecule has 4 amide bonds. The molecule has 2 aromatic rings. The van der Waals surface area contributed by atoms with Gasteiger partial charge in [-0.05, 0) is 73.5 Å². The van der Waals surface area contributed by atoms with Crippen LogP contribution in [0.3, 0.4) is 0 Å². The molecule has 438 valence electrons. The van der Waals surface area contributed by atoms with Crippen LogP contribution in [0, 0.1) is 0 Å². The number of rotatable bonds is 33. The van der Waals surface area contributed by atoms with Gasteiger partial charge in [-0.2, -0.15) is 0 Å². The number of unbranched alkanes of at least 4 members (excludes halogenated alkanes) is 3.